The molecule has 1 fully saturated rings. The van der Waals surface area contributed by atoms with Gasteiger partial charge in [0.25, 0.3) is 0 Å². The van der Waals surface area contributed by atoms with E-state index in [1.807, 2.05) is 6.92 Å². The molecule has 1 aromatic carbocycles. The molecule has 118 valence electrons. The van der Waals surface area contributed by atoms with E-state index in [9.17, 15) is 8.42 Å². The number of hydrogen-bond donors (Lipinski definition) is 1. The van der Waals surface area contributed by atoms with Crippen LogP contribution in [0.3, 0.4) is 0 Å². The number of halogens is 2. The van der Waals surface area contributed by atoms with Crippen molar-refractivity contribution in [1.82, 2.24) is 9.62 Å². The molecule has 0 aromatic heterocycles. The second-order valence-corrected chi connectivity index (χ2v) is 8.02. The zero-order valence-corrected chi connectivity index (χ0v) is 14.3. The summed E-state index contributed by atoms with van der Waals surface area (Å²) in [6.07, 6.45) is 3.29. The number of likely N-dealkylation sites (N-methyl/N-ethyl adjacent to an activating group) is 1. The third-order valence-corrected chi connectivity index (χ3v) is 6.02. The van der Waals surface area contributed by atoms with Crippen molar-refractivity contribution in [3.05, 3.63) is 28.2 Å². The van der Waals surface area contributed by atoms with Crippen molar-refractivity contribution < 1.29 is 8.42 Å². The van der Waals surface area contributed by atoms with Gasteiger partial charge in [-0.1, -0.05) is 36.5 Å². The lowest BCUT2D eigenvalue weighted by molar-refractivity contribution is 0.319. The number of nitrogens with one attached hydrogen (secondary N) is 1. The van der Waals surface area contributed by atoms with Crippen LogP contribution < -0.4 is 5.32 Å². The molecular weight excluding hydrogens is 331 g/mol. The maximum Gasteiger partial charge on any atom is 0.243 e. The number of piperidine rings is 1. The molecule has 1 heterocycles. The van der Waals surface area contributed by atoms with Crippen molar-refractivity contribution in [1.29, 1.82) is 0 Å². The summed E-state index contributed by atoms with van der Waals surface area (Å²) in [4.78, 5) is 0.151. The fourth-order valence-corrected chi connectivity index (χ4v) is 4.77. The molecule has 2 rings (SSSR count). The summed E-state index contributed by atoms with van der Waals surface area (Å²) in [5.41, 5.74) is 0. The Labute approximate surface area is 136 Å². The molecule has 0 amide bonds. The monoisotopic (exact) mass is 350 g/mol. The van der Waals surface area contributed by atoms with E-state index in [2.05, 4.69) is 5.32 Å². The number of sulfonamides is 1. The summed E-state index contributed by atoms with van der Waals surface area (Å²) in [6, 6.07) is 4.63. The zero-order chi connectivity index (χ0) is 15.5. The van der Waals surface area contributed by atoms with Crippen LogP contribution in [-0.2, 0) is 10.0 Å². The topological polar surface area (TPSA) is 49.4 Å². The summed E-state index contributed by atoms with van der Waals surface area (Å²) in [5, 5.41) is 4.03. The summed E-state index contributed by atoms with van der Waals surface area (Å²) < 4.78 is 26.9. The lowest BCUT2D eigenvalue weighted by Gasteiger charge is -2.29. The van der Waals surface area contributed by atoms with Gasteiger partial charge in [0.05, 0.1) is 4.90 Å². The molecule has 0 bridgehead atoms. The van der Waals surface area contributed by atoms with Crippen LogP contribution in [0.1, 0.15) is 26.2 Å². The summed E-state index contributed by atoms with van der Waals surface area (Å²) >= 11 is 11.8. The molecule has 0 spiro atoms. The molecule has 1 aromatic rings. The molecule has 7 heteroatoms. The lowest BCUT2D eigenvalue weighted by Crippen LogP contribution is -2.45. The van der Waals surface area contributed by atoms with Crippen molar-refractivity contribution in [2.24, 2.45) is 0 Å². The first kappa shape index (κ1) is 17.0. The largest absolute Gasteiger partial charge is 0.313 e. The highest BCUT2D eigenvalue weighted by Gasteiger charge is 2.27. The molecule has 1 saturated heterocycles. The van der Waals surface area contributed by atoms with Crippen LogP contribution in [-0.4, -0.2) is 38.4 Å². The van der Waals surface area contributed by atoms with Crippen LogP contribution in [0.2, 0.25) is 10.0 Å². The fraction of sp³-hybridized carbons (Fsp3) is 0.571. The average Bonchev–Trinajstić information content (AvgIpc) is 2.44. The molecule has 1 atom stereocenters. The number of benzene rings is 1. The Balaban J connectivity index is 2.22. The van der Waals surface area contributed by atoms with Crippen molar-refractivity contribution in [3.8, 4) is 0 Å². The molecule has 0 radical (unpaired) electrons. The number of hydrogen-bond acceptors (Lipinski definition) is 3. The van der Waals surface area contributed by atoms with Crippen molar-refractivity contribution >= 4 is 33.2 Å². The normalized spacial score (nSPS) is 19.9. The molecule has 1 aliphatic heterocycles. The van der Waals surface area contributed by atoms with E-state index in [1.54, 1.807) is 0 Å². The minimum absolute atomic E-state index is 0.151. The van der Waals surface area contributed by atoms with Gasteiger partial charge in [-0.05, 0) is 37.6 Å². The van der Waals surface area contributed by atoms with Crippen molar-refractivity contribution in [2.75, 3.05) is 19.6 Å². The third kappa shape index (κ3) is 4.33. The Kier molecular flexibility index (Phi) is 5.91. The molecule has 1 N–H and O–H groups in total. The van der Waals surface area contributed by atoms with Crippen LogP contribution >= 0.6 is 23.2 Å². The van der Waals surface area contributed by atoms with Crippen LogP contribution in [0.5, 0.6) is 0 Å². The minimum Gasteiger partial charge on any atom is -0.313 e. The first-order chi connectivity index (χ1) is 9.93. The van der Waals surface area contributed by atoms with Gasteiger partial charge in [0.15, 0.2) is 0 Å². The van der Waals surface area contributed by atoms with Gasteiger partial charge in [-0.2, -0.15) is 4.31 Å². The van der Waals surface area contributed by atoms with Crippen molar-refractivity contribution in [2.45, 2.75) is 37.1 Å². The zero-order valence-electron chi connectivity index (χ0n) is 12.0. The SMILES string of the molecule is CCN(CC1CCCCN1)S(=O)(=O)c1cc(Cl)cc(Cl)c1. The molecule has 4 nitrogen and oxygen atoms in total. The Morgan fingerprint density at radius 1 is 1.24 bits per heavy atom. The Bertz CT molecular complexity index is 566. The van der Waals surface area contributed by atoms with Gasteiger partial charge < -0.3 is 5.32 Å². The molecule has 0 aliphatic carbocycles. The first-order valence-corrected chi connectivity index (χ1v) is 9.32. The van der Waals surface area contributed by atoms with Gasteiger partial charge in [-0.25, -0.2) is 8.42 Å². The summed E-state index contributed by atoms with van der Waals surface area (Å²) in [7, 11) is -3.57. The van der Waals surface area contributed by atoms with Crippen LogP contribution in [0.4, 0.5) is 0 Å². The Hall–Kier alpha value is -0.330. The first-order valence-electron chi connectivity index (χ1n) is 7.13. The summed E-state index contributed by atoms with van der Waals surface area (Å²) in [5.74, 6) is 0. The quantitative estimate of drug-likeness (QED) is 0.887. The Morgan fingerprint density at radius 3 is 2.43 bits per heavy atom. The predicted octanol–water partition coefficient (Wildman–Crippen LogP) is 3.15. The maximum atomic E-state index is 12.7. The van der Waals surface area contributed by atoms with E-state index in [0.717, 1.165) is 25.8 Å². The number of nitrogens with zero attached hydrogens (tertiary/aromatic N) is 1. The average molecular weight is 351 g/mol. The highest BCUT2D eigenvalue weighted by molar-refractivity contribution is 7.89. The fourth-order valence-electron chi connectivity index (χ4n) is 2.55. The van der Waals surface area contributed by atoms with Gasteiger partial charge in [0.2, 0.25) is 10.0 Å². The van der Waals surface area contributed by atoms with Crippen LogP contribution in [0, 0.1) is 0 Å². The second-order valence-electron chi connectivity index (χ2n) is 5.21. The van der Waals surface area contributed by atoms with Crippen LogP contribution in [0.15, 0.2) is 23.1 Å². The number of rotatable bonds is 5. The van der Waals surface area contributed by atoms with E-state index in [-0.39, 0.29) is 10.9 Å². The Morgan fingerprint density at radius 2 is 1.90 bits per heavy atom. The predicted molar refractivity (Wildman–Crippen MR) is 86.5 cm³/mol. The van der Waals surface area contributed by atoms with Gasteiger partial charge in [0, 0.05) is 29.2 Å². The van der Waals surface area contributed by atoms with E-state index < -0.39 is 10.0 Å². The van der Waals surface area contributed by atoms with Crippen LogP contribution in [0.25, 0.3) is 0 Å². The third-order valence-electron chi connectivity index (χ3n) is 3.66. The van der Waals surface area contributed by atoms with E-state index in [4.69, 9.17) is 23.2 Å². The highest BCUT2D eigenvalue weighted by atomic mass is 35.5. The molecule has 21 heavy (non-hydrogen) atoms. The second kappa shape index (κ2) is 7.29. The standard InChI is InChI=1S/C14H20Cl2N2O2S/c1-2-18(10-13-5-3-4-6-17-13)21(19,20)14-8-11(15)7-12(16)9-14/h7-9,13,17H,2-6,10H2,1H3. The smallest absolute Gasteiger partial charge is 0.243 e. The lowest BCUT2D eigenvalue weighted by atomic mass is 10.1. The molecule has 0 saturated carbocycles. The van der Waals surface area contributed by atoms with E-state index >= 15 is 0 Å². The molecule has 1 aliphatic rings. The minimum atomic E-state index is -3.57. The molecule has 1 unspecified atom stereocenters. The maximum absolute atomic E-state index is 12.7. The van der Waals surface area contributed by atoms with Gasteiger partial charge in [-0.3, -0.25) is 0 Å². The van der Waals surface area contributed by atoms with E-state index in [0.29, 0.717) is 23.1 Å². The van der Waals surface area contributed by atoms with Gasteiger partial charge >= 0.3 is 0 Å². The highest BCUT2D eigenvalue weighted by Crippen LogP contribution is 2.25. The van der Waals surface area contributed by atoms with E-state index in [1.165, 1.54) is 22.5 Å². The van der Waals surface area contributed by atoms with Crippen molar-refractivity contribution in [3.63, 3.8) is 0 Å². The van der Waals surface area contributed by atoms with Gasteiger partial charge in [-0.15, -0.1) is 0 Å². The van der Waals surface area contributed by atoms with Gasteiger partial charge in [0.1, 0.15) is 0 Å². The summed E-state index contributed by atoms with van der Waals surface area (Å²) in [6.45, 7) is 3.69. The molecular formula is C14H20Cl2N2O2S.